The minimum Gasteiger partial charge on any atom is -0.481 e. The quantitative estimate of drug-likeness (QED) is 0.811. The highest BCUT2D eigenvalue weighted by atomic mass is 19.3. The Balaban J connectivity index is 2.88. The summed E-state index contributed by atoms with van der Waals surface area (Å²) in [7, 11) is 0. The third-order valence-corrected chi connectivity index (χ3v) is 1.61. The van der Waals surface area contributed by atoms with E-state index in [1.807, 2.05) is 0 Å². The molecule has 78 valence electrons. The molecule has 1 unspecified atom stereocenters. The van der Waals surface area contributed by atoms with Crippen LogP contribution in [0.2, 0.25) is 0 Å². The average molecular weight is 208 g/mol. The molecule has 0 fully saturated rings. The van der Waals surface area contributed by atoms with Crippen LogP contribution in [0.1, 0.15) is 12.5 Å². The maximum absolute atomic E-state index is 12.8. The number of nitrogens with zero attached hydrogens (tertiary/aromatic N) is 2. The van der Waals surface area contributed by atoms with Crippen LogP contribution in [0.15, 0.2) is 12.3 Å². The predicted molar refractivity (Wildman–Crippen MR) is 39.5 cm³/mol. The van der Waals surface area contributed by atoms with Crippen molar-refractivity contribution in [1.82, 2.24) is 9.78 Å². The number of aliphatic carboxylic acids is 1. The molecule has 0 radical (unpaired) electrons. The van der Waals surface area contributed by atoms with Crippen molar-refractivity contribution in [2.75, 3.05) is 0 Å². The number of carbonyl (C=O) groups is 1. The van der Waals surface area contributed by atoms with Gasteiger partial charge in [-0.3, -0.25) is 4.79 Å². The third-order valence-electron chi connectivity index (χ3n) is 1.61. The lowest BCUT2D eigenvalue weighted by Gasteiger charge is -2.14. The van der Waals surface area contributed by atoms with Gasteiger partial charge < -0.3 is 5.11 Å². The summed E-state index contributed by atoms with van der Waals surface area (Å²) in [5, 5.41) is 11.6. The van der Waals surface area contributed by atoms with Gasteiger partial charge in [0, 0.05) is 6.07 Å². The first-order chi connectivity index (χ1) is 6.52. The van der Waals surface area contributed by atoms with E-state index in [4.69, 9.17) is 5.11 Å². The molecule has 7 heteroatoms. The first-order valence-electron chi connectivity index (χ1n) is 3.71. The van der Waals surface area contributed by atoms with Crippen LogP contribution in [0.3, 0.4) is 0 Å². The van der Waals surface area contributed by atoms with Gasteiger partial charge in [0.1, 0.15) is 6.04 Å². The number of hydrogen-bond acceptors (Lipinski definition) is 2. The molecule has 0 saturated carbocycles. The fraction of sp³-hybridized carbons (Fsp3) is 0.429. The fourth-order valence-corrected chi connectivity index (χ4v) is 1.00. The molecule has 0 aliphatic rings. The van der Waals surface area contributed by atoms with Gasteiger partial charge in [-0.05, 0) is 0 Å². The monoisotopic (exact) mass is 208 g/mol. The van der Waals surface area contributed by atoms with Crippen LogP contribution in [-0.4, -0.2) is 27.3 Å². The zero-order valence-electron chi connectivity index (χ0n) is 6.90. The summed E-state index contributed by atoms with van der Waals surface area (Å²) in [6.45, 7) is 0. The van der Waals surface area contributed by atoms with Gasteiger partial charge in [0.05, 0.1) is 12.6 Å². The minimum absolute atomic E-state index is 0.374. The third kappa shape index (κ3) is 2.24. The largest absolute Gasteiger partial charge is 0.481 e. The van der Waals surface area contributed by atoms with Crippen molar-refractivity contribution in [3.8, 4) is 0 Å². The lowest BCUT2D eigenvalue weighted by molar-refractivity contribution is -0.139. The summed E-state index contributed by atoms with van der Waals surface area (Å²) in [5.41, 5.74) is 0. The zero-order chi connectivity index (χ0) is 10.7. The molecule has 0 aromatic carbocycles. The van der Waals surface area contributed by atoms with E-state index in [0.717, 1.165) is 12.3 Å². The number of aromatic nitrogens is 2. The summed E-state index contributed by atoms with van der Waals surface area (Å²) in [6, 6.07) is -0.875. The Morgan fingerprint density at radius 1 is 1.64 bits per heavy atom. The second kappa shape index (κ2) is 4.12. The normalized spacial score (nSPS) is 13.1. The molecular formula is C7H7F3N2O2. The molecule has 14 heavy (non-hydrogen) atoms. The highest BCUT2D eigenvalue weighted by molar-refractivity contribution is 5.67. The van der Waals surface area contributed by atoms with Gasteiger partial charge in [-0.15, -0.1) is 0 Å². The van der Waals surface area contributed by atoms with Crippen LogP contribution < -0.4 is 0 Å². The van der Waals surface area contributed by atoms with E-state index in [-0.39, 0.29) is 0 Å². The van der Waals surface area contributed by atoms with Crippen molar-refractivity contribution in [3.05, 3.63) is 18.2 Å². The average Bonchev–Trinajstić information content (AvgIpc) is 2.46. The van der Waals surface area contributed by atoms with Crippen molar-refractivity contribution in [1.29, 1.82) is 0 Å². The highest BCUT2D eigenvalue weighted by Gasteiger charge is 2.27. The molecule has 4 nitrogen and oxygen atoms in total. The smallest absolute Gasteiger partial charge is 0.305 e. The van der Waals surface area contributed by atoms with E-state index in [1.54, 1.807) is 0 Å². The maximum atomic E-state index is 12.8. The van der Waals surface area contributed by atoms with E-state index < -0.39 is 30.8 Å². The number of alkyl halides is 2. The van der Waals surface area contributed by atoms with Gasteiger partial charge in [0.25, 0.3) is 6.43 Å². The number of carboxylic acids is 1. The summed E-state index contributed by atoms with van der Waals surface area (Å²) in [4.78, 5) is 10.2. The van der Waals surface area contributed by atoms with Gasteiger partial charge in [0.15, 0.2) is 0 Å². The Hall–Kier alpha value is -1.53. The van der Waals surface area contributed by atoms with Crippen LogP contribution in [-0.2, 0) is 4.79 Å². The van der Waals surface area contributed by atoms with Crippen molar-refractivity contribution in [2.45, 2.75) is 18.9 Å². The molecule has 0 saturated heterocycles. The summed E-state index contributed by atoms with van der Waals surface area (Å²) in [6.07, 6.45) is -2.84. The first kappa shape index (κ1) is 10.6. The van der Waals surface area contributed by atoms with E-state index in [1.165, 1.54) is 0 Å². The lowest BCUT2D eigenvalue weighted by atomic mass is 10.2. The molecule has 0 aliphatic heterocycles. The molecule has 1 N–H and O–H groups in total. The number of carboxylic acid groups (broad SMARTS) is 1. The predicted octanol–water partition coefficient (Wildman–Crippen LogP) is 1.30. The van der Waals surface area contributed by atoms with Crippen LogP contribution in [0, 0.1) is 5.95 Å². The lowest BCUT2D eigenvalue weighted by Crippen LogP contribution is -2.23. The van der Waals surface area contributed by atoms with Crippen molar-refractivity contribution < 1.29 is 23.1 Å². The highest BCUT2D eigenvalue weighted by Crippen LogP contribution is 2.20. The molecule has 0 aliphatic carbocycles. The number of halogens is 3. The SMILES string of the molecule is O=C(O)CC(C(F)F)n1nccc1F. The summed E-state index contributed by atoms with van der Waals surface area (Å²) < 4.78 is 37.8. The van der Waals surface area contributed by atoms with E-state index in [9.17, 15) is 18.0 Å². The number of rotatable bonds is 4. The molecule has 0 spiro atoms. The summed E-state index contributed by atoms with van der Waals surface area (Å²) in [5.74, 6) is -2.40. The summed E-state index contributed by atoms with van der Waals surface area (Å²) >= 11 is 0. The molecule has 0 amide bonds. The van der Waals surface area contributed by atoms with Gasteiger partial charge in [-0.25, -0.2) is 13.5 Å². The molecule has 1 aromatic rings. The van der Waals surface area contributed by atoms with Crippen LogP contribution in [0.25, 0.3) is 0 Å². The molecule has 1 atom stereocenters. The Morgan fingerprint density at radius 3 is 2.64 bits per heavy atom. The van der Waals surface area contributed by atoms with E-state index >= 15 is 0 Å². The maximum Gasteiger partial charge on any atom is 0.305 e. The van der Waals surface area contributed by atoms with Crippen molar-refractivity contribution in [2.24, 2.45) is 0 Å². The van der Waals surface area contributed by atoms with Gasteiger partial charge in [-0.2, -0.15) is 9.49 Å². The molecule has 1 rings (SSSR count). The van der Waals surface area contributed by atoms with Crippen molar-refractivity contribution >= 4 is 5.97 Å². The number of hydrogen-bond donors (Lipinski definition) is 1. The Morgan fingerprint density at radius 2 is 2.29 bits per heavy atom. The zero-order valence-corrected chi connectivity index (χ0v) is 6.90. The topological polar surface area (TPSA) is 55.1 Å². The molecule has 1 aromatic heterocycles. The second-order valence-corrected chi connectivity index (χ2v) is 2.60. The van der Waals surface area contributed by atoms with Crippen molar-refractivity contribution in [3.63, 3.8) is 0 Å². The molecule has 1 heterocycles. The standard InChI is InChI=1S/C7H7F3N2O2/c8-5-1-2-11-12(5)4(7(9)10)3-6(13)14/h1-2,4,7H,3H2,(H,13,14). The first-order valence-corrected chi connectivity index (χ1v) is 3.71. The molecular weight excluding hydrogens is 201 g/mol. The van der Waals surface area contributed by atoms with E-state index in [2.05, 4.69) is 5.10 Å². The Kier molecular flexibility index (Phi) is 3.10. The second-order valence-electron chi connectivity index (χ2n) is 2.60. The van der Waals surface area contributed by atoms with Crippen LogP contribution in [0.4, 0.5) is 13.2 Å². The van der Waals surface area contributed by atoms with E-state index in [0.29, 0.717) is 4.68 Å². The van der Waals surface area contributed by atoms with Crippen LogP contribution in [0.5, 0.6) is 0 Å². The minimum atomic E-state index is -2.97. The van der Waals surface area contributed by atoms with Gasteiger partial charge in [0.2, 0.25) is 5.95 Å². The van der Waals surface area contributed by atoms with Crippen LogP contribution >= 0.6 is 0 Å². The van der Waals surface area contributed by atoms with Gasteiger partial charge in [-0.1, -0.05) is 0 Å². The fourth-order valence-electron chi connectivity index (χ4n) is 1.00. The molecule has 0 bridgehead atoms. The Bertz CT molecular complexity index is 326. The Labute approximate surface area is 77.0 Å². The van der Waals surface area contributed by atoms with Gasteiger partial charge >= 0.3 is 5.97 Å².